The molecule has 0 fully saturated rings. The average molecular weight is 335 g/mol. The molecule has 0 aliphatic carbocycles. The van der Waals surface area contributed by atoms with E-state index in [4.69, 9.17) is 5.73 Å². The molecule has 0 aliphatic rings. The van der Waals surface area contributed by atoms with E-state index in [-0.39, 0.29) is 16.8 Å². The predicted molar refractivity (Wildman–Crippen MR) is 77.3 cm³/mol. The Bertz CT molecular complexity index is 929. The number of carbonyl (C=O) groups is 1. The molecule has 0 atom stereocenters. The number of carbonyl (C=O) groups excluding carboxylic acids is 1. The number of benzene rings is 2. The van der Waals surface area contributed by atoms with E-state index >= 15 is 0 Å². The number of primary amides is 1. The lowest BCUT2D eigenvalue weighted by Gasteiger charge is -2.10. The molecule has 122 valence electrons. The Hall–Kier alpha value is -3.16. The van der Waals surface area contributed by atoms with Gasteiger partial charge in [0, 0.05) is 11.8 Å². The van der Waals surface area contributed by atoms with Gasteiger partial charge < -0.3 is 5.73 Å². The lowest BCUT2D eigenvalue weighted by Crippen LogP contribution is -2.11. The maximum atomic E-state index is 13.7. The fourth-order valence-corrected chi connectivity index (χ4v) is 2.27. The van der Waals surface area contributed by atoms with Crippen molar-refractivity contribution < 1.29 is 22.4 Å². The summed E-state index contributed by atoms with van der Waals surface area (Å²) < 4.78 is 54.8. The summed E-state index contributed by atoms with van der Waals surface area (Å²) in [6.07, 6.45) is 1.06. The summed E-state index contributed by atoms with van der Waals surface area (Å²) in [5.41, 5.74) is 5.12. The van der Waals surface area contributed by atoms with Gasteiger partial charge in [-0.2, -0.15) is 4.39 Å². The molecule has 0 aliphatic heterocycles. The van der Waals surface area contributed by atoms with Crippen molar-refractivity contribution in [2.24, 2.45) is 5.73 Å². The van der Waals surface area contributed by atoms with E-state index in [1.54, 1.807) is 12.1 Å². The van der Waals surface area contributed by atoms with Gasteiger partial charge in [0.25, 0.3) is 5.91 Å². The number of hydrogen-bond donors (Lipinski definition) is 1. The molecule has 3 aromatic rings. The SMILES string of the molecule is NC(=O)c1cn(-c2ccccc2-c2cc(F)c(F)c(F)c2)nc1F. The zero-order chi connectivity index (χ0) is 17.4. The number of nitrogens with two attached hydrogens (primary N) is 1. The summed E-state index contributed by atoms with van der Waals surface area (Å²) in [5.74, 6) is -6.38. The van der Waals surface area contributed by atoms with Crippen LogP contribution in [0.25, 0.3) is 16.8 Å². The normalized spacial score (nSPS) is 10.8. The number of para-hydroxylation sites is 1. The minimum absolute atomic E-state index is 0.0264. The largest absolute Gasteiger partial charge is 0.365 e. The van der Waals surface area contributed by atoms with Crippen molar-refractivity contribution >= 4 is 5.91 Å². The van der Waals surface area contributed by atoms with Gasteiger partial charge in [-0.15, -0.1) is 5.10 Å². The van der Waals surface area contributed by atoms with Crippen LogP contribution in [0.2, 0.25) is 0 Å². The van der Waals surface area contributed by atoms with Crippen LogP contribution in [0.3, 0.4) is 0 Å². The fraction of sp³-hybridized carbons (Fsp3) is 0. The number of aromatic nitrogens is 2. The maximum absolute atomic E-state index is 13.7. The van der Waals surface area contributed by atoms with Gasteiger partial charge in [-0.3, -0.25) is 4.79 Å². The third-order valence-corrected chi connectivity index (χ3v) is 3.38. The Kier molecular flexibility index (Phi) is 3.80. The van der Waals surface area contributed by atoms with Gasteiger partial charge in [0.1, 0.15) is 5.56 Å². The first-order chi connectivity index (χ1) is 11.4. The van der Waals surface area contributed by atoms with Crippen molar-refractivity contribution in [1.29, 1.82) is 0 Å². The van der Waals surface area contributed by atoms with Gasteiger partial charge >= 0.3 is 0 Å². The molecule has 0 radical (unpaired) electrons. The highest BCUT2D eigenvalue weighted by atomic mass is 19.2. The van der Waals surface area contributed by atoms with Crippen molar-refractivity contribution in [2.45, 2.75) is 0 Å². The zero-order valence-corrected chi connectivity index (χ0v) is 11.9. The molecule has 0 saturated carbocycles. The number of halogens is 4. The van der Waals surface area contributed by atoms with Crippen molar-refractivity contribution in [3.8, 4) is 16.8 Å². The van der Waals surface area contributed by atoms with E-state index in [1.807, 2.05) is 0 Å². The van der Waals surface area contributed by atoms with E-state index in [2.05, 4.69) is 5.10 Å². The van der Waals surface area contributed by atoms with E-state index in [0.717, 1.165) is 23.0 Å². The number of rotatable bonds is 3. The van der Waals surface area contributed by atoms with Gasteiger partial charge in [-0.25, -0.2) is 17.9 Å². The number of amides is 1. The van der Waals surface area contributed by atoms with Crippen LogP contribution >= 0.6 is 0 Å². The lowest BCUT2D eigenvalue weighted by atomic mass is 10.0. The van der Waals surface area contributed by atoms with Gasteiger partial charge in [0.05, 0.1) is 5.69 Å². The minimum Gasteiger partial charge on any atom is -0.365 e. The Morgan fingerprint density at radius 1 is 1.04 bits per heavy atom. The van der Waals surface area contributed by atoms with Crippen LogP contribution in [0.1, 0.15) is 10.4 Å². The molecule has 0 unspecified atom stereocenters. The standard InChI is InChI=1S/C16H9F4N3O/c17-11-5-8(6-12(18)14(11)19)9-3-1-2-4-13(9)23-7-10(16(21)24)15(20)22-23/h1-7H,(H2,21,24). The van der Waals surface area contributed by atoms with Crippen molar-refractivity contribution in [3.63, 3.8) is 0 Å². The quantitative estimate of drug-likeness (QED) is 0.590. The van der Waals surface area contributed by atoms with Crippen LogP contribution < -0.4 is 5.73 Å². The predicted octanol–water partition coefficient (Wildman–Crippen LogP) is 3.19. The summed E-state index contributed by atoms with van der Waals surface area (Å²) in [4.78, 5) is 11.1. The Morgan fingerprint density at radius 2 is 1.67 bits per heavy atom. The Balaban J connectivity index is 2.19. The third-order valence-electron chi connectivity index (χ3n) is 3.38. The first kappa shape index (κ1) is 15.7. The average Bonchev–Trinajstić information content (AvgIpc) is 2.94. The Labute approximate surface area is 133 Å². The maximum Gasteiger partial charge on any atom is 0.254 e. The van der Waals surface area contributed by atoms with Gasteiger partial charge in [-0.05, 0) is 23.8 Å². The van der Waals surface area contributed by atoms with Crippen LogP contribution in [0.4, 0.5) is 17.6 Å². The zero-order valence-electron chi connectivity index (χ0n) is 11.9. The fourth-order valence-electron chi connectivity index (χ4n) is 2.27. The molecule has 3 rings (SSSR count). The topological polar surface area (TPSA) is 60.9 Å². The van der Waals surface area contributed by atoms with Crippen LogP contribution in [-0.2, 0) is 0 Å². The molecule has 4 nitrogen and oxygen atoms in total. The smallest absolute Gasteiger partial charge is 0.254 e. The molecule has 0 saturated heterocycles. The van der Waals surface area contributed by atoms with E-state index in [9.17, 15) is 22.4 Å². The first-order valence-electron chi connectivity index (χ1n) is 6.67. The summed E-state index contributed by atoms with van der Waals surface area (Å²) in [6.45, 7) is 0. The van der Waals surface area contributed by atoms with E-state index in [1.165, 1.54) is 12.1 Å². The molecule has 1 aromatic heterocycles. The lowest BCUT2D eigenvalue weighted by molar-refractivity contribution is 0.0996. The van der Waals surface area contributed by atoms with Gasteiger partial charge in [-0.1, -0.05) is 18.2 Å². The molecule has 2 aromatic carbocycles. The molecule has 0 spiro atoms. The second-order valence-corrected chi connectivity index (χ2v) is 4.91. The second-order valence-electron chi connectivity index (χ2n) is 4.91. The van der Waals surface area contributed by atoms with Crippen molar-refractivity contribution in [3.05, 3.63) is 71.6 Å². The highest BCUT2D eigenvalue weighted by Crippen LogP contribution is 2.29. The molecule has 1 amide bonds. The van der Waals surface area contributed by atoms with Crippen molar-refractivity contribution in [2.75, 3.05) is 0 Å². The van der Waals surface area contributed by atoms with E-state index < -0.39 is 34.9 Å². The molecule has 0 bridgehead atoms. The molecular formula is C16H9F4N3O. The van der Waals surface area contributed by atoms with Crippen LogP contribution in [0.15, 0.2) is 42.6 Å². The Morgan fingerprint density at radius 3 is 2.25 bits per heavy atom. The van der Waals surface area contributed by atoms with Gasteiger partial charge in [0.2, 0.25) is 5.95 Å². The van der Waals surface area contributed by atoms with Crippen LogP contribution in [0.5, 0.6) is 0 Å². The third kappa shape index (κ3) is 2.62. The number of nitrogens with zero attached hydrogens (tertiary/aromatic N) is 2. The van der Waals surface area contributed by atoms with Crippen LogP contribution in [-0.4, -0.2) is 15.7 Å². The summed E-state index contributed by atoms with van der Waals surface area (Å²) in [6, 6.07) is 7.76. The van der Waals surface area contributed by atoms with Crippen LogP contribution in [0, 0.1) is 23.4 Å². The molecule has 8 heteroatoms. The number of hydrogen-bond acceptors (Lipinski definition) is 2. The summed E-state index contributed by atoms with van der Waals surface area (Å²) >= 11 is 0. The summed E-state index contributed by atoms with van der Waals surface area (Å²) in [5, 5.41) is 3.54. The van der Waals surface area contributed by atoms with E-state index in [0.29, 0.717) is 0 Å². The highest BCUT2D eigenvalue weighted by molar-refractivity contribution is 5.92. The minimum atomic E-state index is -1.59. The highest BCUT2D eigenvalue weighted by Gasteiger charge is 2.18. The molecule has 1 heterocycles. The molecule has 2 N–H and O–H groups in total. The van der Waals surface area contributed by atoms with Gasteiger partial charge in [0.15, 0.2) is 17.5 Å². The summed E-state index contributed by atoms with van der Waals surface area (Å²) in [7, 11) is 0. The molecule has 24 heavy (non-hydrogen) atoms. The monoisotopic (exact) mass is 335 g/mol. The second kappa shape index (κ2) is 5.80. The van der Waals surface area contributed by atoms with Crippen molar-refractivity contribution in [1.82, 2.24) is 9.78 Å². The first-order valence-corrected chi connectivity index (χ1v) is 6.67. The molecular weight excluding hydrogens is 326 g/mol.